The van der Waals surface area contributed by atoms with E-state index in [2.05, 4.69) is 58.0 Å². The van der Waals surface area contributed by atoms with Crippen molar-refractivity contribution >= 4 is 23.1 Å². The summed E-state index contributed by atoms with van der Waals surface area (Å²) in [6, 6.07) is 29.2. The minimum Gasteiger partial charge on any atom is -0.166 e. The Morgan fingerprint density at radius 3 is 1.18 bits per heavy atom. The monoisotopic (exact) mass is 610 g/mol. The van der Waals surface area contributed by atoms with Crippen LogP contribution in [0.4, 0.5) is 26.3 Å². The Balaban J connectivity index is 1.49. The van der Waals surface area contributed by atoms with Crippen molar-refractivity contribution in [1.82, 2.24) is 0 Å². The van der Waals surface area contributed by atoms with Gasteiger partial charge in [0.25, 0.3) is 0 Å². The summed E-state index contributed by atoms with van der Waals surface area (Å²) in [5.41, 5.74) is 8.71. The van der Waals surface area contributed by atoms with Crippen LogP contribution in [0.1, 0.15) is 61.1 Å². The Morgan fingerprint density at radius 2 is 0.822 bits per heavy atom. The van der Waals surface area contributed by atoms with E-state index in [-0.39, 0.29) is 6.71 Å². The zero-order valence-corrected chi connectivity index (χ0v) is 25.2. The molecular weight excluding hydrogens is 581 g/mol. The molecule has 0 fully saturated rings. The summed E-state index contributed by atoms with van der Waals surface area (Å²) in [4.78, 5) is 0. The van der Waals surface area contributed by atoms with Gasteiger partial charge in [0.05, 0.1) is 11.1 Å². The first-order chi connectivity index (χ1) is 21.1. The lowest BCUT2D eigenvalue weighted by Crippen LogP contribution is -2.66. The number of fused-ring (bicyclic) bond motifs is 4. The summed E-state index contributed by atoms with van der Waals surface area (Å²) in [7, 11) is 0. The molecule has 0 spiro atoms. The first kappa shape index (κ1) is 29.5. The van der Waals surface area contributed by atoms with Crippen LogP contribution in [-0.2, 0) is 23.2 Å². The number of rotatable bonds is 2. The van der Waals surface area contributed by atoms with Crippen molar-refractivity contribution in [3.8, 4) is 22.3 Å². The topological polar surface area (TPSA) is 0 Å². The van der Waals surface area contributed by atoms with E-state index in [9.17, 15) is 26.3 Å². The molecule has 2 heterocycles. The summed E-state index contributed by atoms with van der Waals surface area (Å²) in [5.74, 6) is 0. The van der Waals surface area contributed by atoms with Crippen molar-refractivity contribution in [3.05, 3.63) is 137 Å². The van der Waals surface area contributed by atoms with E-state index >= 15 is 0 Å². The van der Waals surface area contributed by atoms with Gasteiger partial charge in [0, 0.05) is 10.8 Å². The highest BCUT2D eigenvalue weighted by molar-refractivity contribution is 6.97. The highest BCUT2D eigenvalue weighted by atomic mass is 19.4. The van der Waals surface area contributed by atoms with Crippen LogP contribution in [0, 0.1) is 0 Å². The summed E-state index contributed by atoms with van der Waals surface area (Å²) in [6.45, 7) is 8.53. The van der Waals surface area contributed by atoms with Crippen molar-refractivity contribution in [2.24, 2.45) is 0 Å². The fourth-order valence-electron chi connectivity index (χ4n) is 7.89. The minimum absolute atomic E-state index is 0.161. The van der Waals surface area contributed by atoms with Gasteiger partial charge in [0.2, 0.25) is 6.71 Å². The van der Waals surface area contributed by atoms with Crippen molar-refractivity contribution in [2.45, 2.75) is 50.9 Å². The van der Waals surface area contributed by atoms with Crippen LogP contribution in [0.3, 0.4) is 0 Å². The second-order valence-corrected chi connectivity index (χ2v) is 13.1. The second kappa shape index (κ2) is 9.62. The predicted octanol–water partition coefficient (Wildman–Crippen LogP) is 8.85. The van der Waals surface area contributed by atoms with E-state index in [0.29, 0.717) is 11.1 Å². The molecule has 0 radical (unpaired) electrons. The molecule has 226 valence electrons. The number of hydrogen-bond donors (Lipinski definition) is 0. The van der Waals surface area contributed by atoms with Crippen LogP contribution >= 0.6 is 0 Å². The van der Waals surface area contributed by atoms with Crippen LogP contribution in [0.15, 0.2) is 103 Å². The third-order valence-electron chi connectivity index (χ3n) is 9.85. The number of halogens is 6. The molecule has 2 aliphatic rings. The van der Waals surface area contributed by atoms with Crippen molar-refractivity contribution in [2.75, 3.05) is 0 Å². The van der Waals surface area contributed by atoms with E-state index in [1.165, 1.54) is 5.46 Å². The van der Waals surface area contributed by atoms with Gasteiger partial charge in [-0.05, 0) is 68.8 Å². The Morgan fingerprint density at radius 1 is 0.467 bits per heavy atom. The fraction of sp³-hybridized carbons (Fsp3) is 0.211. The van der Waals surface area contributed by atoms with Crippen molar-refractivity contribution in [3.63, 3.8) is 0 Å². The van der Waals surface area contributed by atoms with Crippen LogP contribution in [0.5, 0.6) is 0 Å². The van der Waals surface area contributed by atoms with Crippen LogP contribution in [0.2, 0.25) is 0 Å². The van der Waals surface area contributed by atoms with E-state index in [1.54, 1.807) is 24.3 Å². The molecule has 0 unspecified atom stereocenters. The molecule has 7 rings (SSSR count). The quantitative estimate of drug-likeness (QED) is 0.138. The SMILES string of the molecule is CC1(C)c2cccc3c2B(c2cccc(-c4ccc(C(F)(F)F)cc4)c21)c1cccc(-c2ccc(C(F)(F)F)cc2)c1C3(C)C. The van der Waals surface area contributed by atoms with Gasteiger partial charge in [-0.3, -0.25) is 0 Å². The lowest BCUT2D eigenvalue weighted by molar-refractivity contribution is -0.138. The molecule has 0 N–H and O–H groups in total. The normalized spacial score (nSPS) is 16.1. The zero-order valence-electron chi connectivity index (χ0n) is 25.2. The largest absolute Gasteiger partial charge is 0.416 e. The highest BCUT2D eigenvalue weighted by Gasteiger charge is 2.49. The zero-order chi connectivity index (χ0) is 32.1. The number of hydrogen-bond acceptors (Lipinski definition) is 0. The Kier molecular flexibility index (Phi) is 6.30. The van der Waals surface area contributed by atoms with Crippen LogP contribution in [-0.4, -0.2) is 6.71 Å². The van der Waals surface area contributed by atoms with Gasteiger partial charge in [-0.25, -0.2) is 0 Å². The smallest absolute Gasteiger partial charge is 0.166 e. The fourth-order valence-corrected chi connectivity index (χ4v) is 7.89. The van der Waals surface area contributed by atoms with E-state index in [4.69, 9.17) is 0 Å². The molecule has 0 nitrogen and oxygen atoms in total. The van der Waals surface area contributed by atoms with Crippen LogP contribution < -0.4 is 16.4 Å². The van der Waals surface area contributed by atoms with E-state index in [0.717, 1.165) is 68.6 Å². The molecule has 0 amide bonds. The summed E-state index contributed by atoms with van der Waals surface area (Å²) >= 11 is 0. The van der Waals surface area contributed by atoms with Gasteiger partial charge in [0.15, 0.2) is 0 Å². The Hall–Kier alpha value is -4.26. The molecule has 2 aliphatic heterocycles. The van der Waals surface area contributed by atoms with Gasteiger partial charge in [-0.2, -0.15) is 26.3 Å². The average Bonchev–Trinajstić information content (AvgIpc) is 2.99. The van der Waals surface area contributed by atoms with E-state index in [1.807, 2.05) is 24.3 Å². The third kappa shape index (κ3) is 4.38. The molecule has 0 saturated heterocycles. The molecular formula is C38H29BF6. The second-order valence-electron chi connectivity index (χ2n) is 13.1. The van der Waals surface area contributed by atoms with Crippen molar-refractivity contribution < 1.29 is 26.3 Å². The number of alkyl halides is 6. The molecule has 0 aliphatic carbocycles. The third-order valence-corrected chi connectivity index (χ3v) is 9.85. The van der Waals surface area contributed by atoms with Gasteiger partial charge >= 0.3 is 12.4 Å². The first-order valence-corrected chi connectivity index (χ1v) is 14.9. The van der Waals surface area contributed by atoms with Gasteiger partial charge in [-0.15, -0.1) is 0 Å². The maximum atomic E-state index is 13.4. The average molecular weight is 610 g/mol. The number of benzene rings is 5. The molecule has 0 saturated carbocycles. The molecule has 0 bridgehead atoms. The lowest BCUT2D eigenvalue weighted by atomic mass is 9.27. The highest BCUT2D eigenvalue weighted by Crippen LogP contribution is 2.46. The minimum atomic E-state index is -4.42. The summed E-state index contributed by atoms with van der Waals surface area (Å²) < 4.78 is 80.4. The van der Waals surface area contributed by atoms with Crippen molar-refractivity contribution in [1.29, 1.82) is 0 Å². The lowest BCUT2D eigenvalue weighted by Gasteiger charge is -2.47. The molecule has 7 heteroatoms. The molecule has 5 aromatic carbocycles. The van der Waals surface area contributed by atoms with Gasteiger partial charge < -0.3 is 0 Å². The van der Waals surface area contributed by atoms with Crippen LogP contribution in [0.25, 0.3) is 22.3 Å². The standard InChI is InChI=1S/C38H29BF6/c1-35(2)28-10-7-11-29-34(28)39(30-12-5-8-26(32(30)35)22-14-18-24(19-15-22)37(40,41)42)31-13-6-9-27(33(31)36(29,3)4)23-16-20-25(21-17-23)38(43,44)45/h5-21H,1-4H3. The molecule has 0 atom stereocenters. The first-order valence-electron chi connectivity index (χ1n) is 14.9. The Labute approximate surface area is 258 Å². The molecule has 0 aromatic heterocycles. The predicted molar refractivity (Wildman–Crippen MR) is 169 cm³/mol. The molecule has 5 aromatic rings. The van der Waals surface area contributed by atoms with Gasteiger partial charge in [0.1, 0.15) is 0 Å². The molecule has 45 heavy (non-hydrogen) atoms. The Bertz CT molecular complexity index is 1820. The maximum Gasteiger partial charge on any atom is 0.416 e. The van der Waals surface area contributed by atoms with Gasteiger partial charge in [-0.1, -0.05) is 123 Å². The summed E-state index contributed by atoms with van der Waals surface area (Å²) in [6.07, 6.45) is -8.85. The maximum absolute atomic E-state index is 13.4. The van der Waals surface area contributed by atoms with E-state index < -0.39 is 34.3 Å². The summed E-state index contributed by atoms with van der Waals surface area (Å²) in [5, 5.41) is 0.